The molecule has 0 aromatic heterocycles. The molecule has 0 radical (unpaired) electrons. The Bertz CT molecular complexity index is 476. The molecule has 0 bridgehead atoms. The van der Waals surface area contributed by atoms with Crippen LogP contribution >= 0.6 is 0 Å². The zero-order valence-electron chi connectivity index (χ0n) is 11.7. The summed E-state index contributed by atoms with van der Waals surface area (Å²) in [5.41, 5.74) is 2.30. The molecule has 4 heteroatoms. The molecule has 0 aromatic carbocycles. The highest BCUT2D eigenvalue weighted by molar-refractivity contribution is 6.01. The quantitative estimate of drug-likeness (QED) is 0.642. The first kappa shape index (κ1) is 14.1. The van der Waals surface area contributed by atoms with Crippen LogP contribution in [0.3, 0.4) is 0 Å². The van der Waals surface area contributed by atoms with Gasteiger partial charge < -0.3 is 0 Å². The minimum Gasteiger partial charge on any atom is -0.262 e. The summed E-state index contributed by atoms with van der Waals surface area (Å²) < 4.78 is 0. The third-order valence-corrected chi connectivity index (χ3v) is 2.34. The van der Waals surface area contributed by atoms with Crippen LogP contribution < -0.4 is 0 Å². The van der Waals surface area contributed by atoms with Gasteiger partial charge in [-0.2, -0.15) is 0 Å². The molecular formula is C14H20N4. The van der Waals surface area contributed by atoms with Crippen LogP contribution in [0.4, 0.5) is 0 Å². The van der Waals surface area contributed by atoms with Crippen molar-refractivity contribution in [1.82, 2.24) is 4.90 Å². The van der Waals surface area contributed by atoms with E-state index < -0.39 is 0 Å². The van der Waals surface area contributed by atoms with Gasteiger partial charge in [0.1, 0.15) is 12.2 Å². The van der Waals surface area contributed by atoms with E-state index in [1.165, 1.54) is 11.9 Å². The molecule has 0 saturated heterocycles. The Morgan fingerprint density at radius 2 is 1.67 bits per heavy atom. The van der Waals surface area contributed by atoms with Crippen molar-refractivity contribution in [3.05, 3.63) is 35.3 Å². The average Bonchev–Trinajstić information content (AvgIpc) is 2.47. The van der Waals surface area contributed by atoms with E-state index >= 15 is 0 Å². The fraction of sp³-hybridized carbons (Fsp3) is 0.357. The molecule has 0 N–H and O–H groups in total. The lowest BCUT2D eigenvalue weighted by Gasteiger charge is -2.32. The Morgan fingerprint density at radius 3 is 2.39 bits per heavy atom. The van der Waals surface area contributed by atoms with Gasteiger partial charge in [-0.1, -0.05) is 33.8 Å². The van der Waals surface area contributed by atoms with Crippen LogP contribution in [0.15, 0.2) is 50.3 Å². The van der Waals surface area contributed by atoms with Crippen molar-refractivity contribution >= 4 is 18.5 Å². The van der Waals surface area contributed by atoms with Crippen LogP contribution in [0.1, 0.15) is 34.6 Å². The molecule has 0 spiro atoms. The topological polar surface area (TPSA) is 40.3 Å². The molecule has 3 rings (SSSR count). The van der Waals surface area contributed by atoms with Crippen LogP contribution in [0.2, 0.25) is 0 Å². The van der Waals surface area contributed by atoms with Crippen LogP contribution in [-0.4, -0.2) is 23.4 Å². The predicted molar refractivity (Wildman–Crippen MR) is 78.9 cm³/mol. The van der Waals surface area contributed by atoms with Gasteiger partial charge in [0.2, 0.25) is 5.96 Å². The van der Waals surface area contributed by atoms with Gasteiger partial charge in [0.15, 0.2) is 0 Å². The van der Waals surface area contributed by atoms with E-state index in [1.54, 1.807) is 6.21 Å². The van der Waals surface area contributed by atoms with Gasteiger partial charge in [0.25, 0.3) is 0 Å². The van der Waals surface area contributed by atoms with Crippen molar-refractivity contribution < 1.29 is 0 Å². The standard InChI is InChI=1S/C10H8N4.2C2H6/c1-7-2-3-9-12-6-13-10-11-5-4-8(7)14(9)10;2*1-2/h2-6H,1H3;2*1-2H3. The summed E-state index contributed by atoms with van der Waals surface area (Å²) in [6, 6.07) is 0. The summed E-state index contributed by atoms with van der Waals surface area (Å²) in [7, 11) is 0. The first-order valence-electron chi connectivity index (χ1n) is 6.40. The number of allylic oxidation sites excluding steroid dienone is 4. The SMILES string of the molecule is CC.CC.CC1=CC=C2N=CN=C3N=CC=C1N23. The molecule has 4 nitrogen and oxygen atoms in total. The van der Waals surface area contributed by atoms with Crippen molar-refractivity contribution in [2.75, 3.05) is 0 Å². The first-order chi connectivity index (χ1) is 8.86. The molecule has 0 atom stereocenters. The van der Waals surface area contributed by atoms with E-state index in [4.69, 9.17) is 0 Å². The van der Waals surface area contributed by atoms with E-state index in [9.17, 15) is 0 Å². The smallest absolute Gasteiger partial charge is 0.237 e. The molecular weight excluding hydrogens is 224 g/mol. The molecule has 18 heavy (non-hydrogen) atoms. The third-order valence-electron chi connectivity index (χ3n) is 2.34. The maximum atomic E-state index is 4.18. The molecule has 3 aliphatic heterocycles. The Kier molecular flexibility index (Phi) is 5.24. The van der Waals surface area contributed by atoms with Gasteiger partial charge in [-0.05, 0) is 24.6 Å². The summed E-state index contributed by atoms with van der Waals surface area (Å²) >= 11 is 0. The Balaban J connectivity index is 0.000000371. The summed E-state index contributed by atoms with van der Waals surface area (Å²) in [4.78, 5) is 14.4. The molecule has 0 unspecified atom stereocenters. The summed E-state index contributed by atoms with van der Waals surface area (Å²) in [5.74, 6) is 1.57. The molecule has 96 valence electrons. The average molecular weight is 244 g/mol. The molecule has 0 saturated carbocycles. The zero-order chi connectivity index (χ0) is 13.5. The first-order valence-corrected chi connectivity index (χ1v) is 6.40. The second-order valence-corrected chi connectivity index (χ2v) is 3.21. The van der Waals surface area contributed by atoms with Crippen LogP contribution in [0, 0.1) is 0 Å². The van der Waals surface area contributed by atoms with Crippen molar-refractivity contribution in [1.29, 1.82) is 0 Å². The van der Waals surface area contributed by atoms with Gasteiger partial charge in [-0.25, -0.2) is 15.0 Å². The van der Waals surface area contributed by atoms with Crippen molar-refractivity contribution in [2.24, 2.45) is 15.0 Å². The summed E-state index contributed by atoms with van der Waals surface area (Å²) in [5, 5.41) is 0. The lowest BCUT2D eigenvalue weighted by molar-refractivity contribution is 0.608. The second kappa shape index (κ2) is 6.69. The highest BCUT2D eigenvalue weighted by Crippen LogP contribution is 2.29. The number of rotatable bonds is 0. The normalized spacial score (nSPS) is 17.9. The van der Waals surface area contributed by atoms with Crippen molar-refractivity contribution in [3.63, 3.8) is 0 Å². The van der Waals surface area contributed by atoms with Crippen molar-refractivity contribution in [3.8, 4) is 0 Å². The minimum atomic E-state index is 0.691. The second-order valence-electron chi connectivity index (χ2n) is 3.21. The Hall–Kier alpha value is -1.97. The van der Waals surface area contributed by atoms with Gasteiger partial charge in [-0.3, -0.25) is 4.90 Å². The maximum Gasteiger partial charge on any atom is 0.237 e. The molecule has 0 fully saturated rings. The Morgan fingerprint density at radius 1 is 0.944 bits per heavy atom. The molecule has 3 heterocycles. The Labute approximate surface area is 109 Å². The lowest BCUT2D eigenvalue weighted by atomic mass is 10.1. The maximum absolute atomic E-state index is 4.18. The number of nitrogens with zero attached hydrogens (tertiary/aromatic N) is 4. The van der Waals surface area contributed by atoms with E-state index in [0.29, 0.717) is 5.96 Å². The fourth-order valence-electron chi connectivity index (χ4n) is 1.64. The van der Waals surface area contributed by atoms with Crippen molar-refractivity contribution in [2.45, 2.75) is 34.6 Å². The highest BCUT2D eigenvalue weighted by atomic mass is 15.4. The summed E-state index contributed by atoms with van der Waals surface area (Å²) in [6.07, 6.45) is 9.30. The lowest BCUT2D eigenvalue weighted by Crippen LogP contribution is -2.34. The predicted octanol–water partition coefficient (Wildman–Crippen LogP) is 3.51. The van der Waals surface area contributed by atoms with E-state index in [1.807, 2.05) is 44.7 Å². The number of guanidine groups is 1. The third kappa shape index (κ3) is 2.47. The zero-order valence-corrected chi connectivity index (χ0v) is 11.7. The largest absolute Gasteiger partial charge is 0.262 e. The molecule has 0 aliphatic carbocycles. The fourth-order valence-corrected chi connectivity index (χ4v) is 1.64. The number of hydrogen-bond acceptors (Lipinski definition) is 4. The van der Waals surface area contributed by atoms with Gasteiger partial charge in [-0.15, -0.1) is 0 Å². The van der Waals surface area contributed by atoms with Gasteiger partial charge in [0, 0.05) is 6.21 Å². The van der Waals surface area contributed by atoms with Crippen LogP contribution in [0.25, 0.3) is 0 Å². The minimum absolute atomic E-state index is 0.691. The van der Waals surface area contributed by atoms with E-state index in [-0.39, 0.29) is 0 Å². The monoisotopic (exact) mass is 244 g/mol. The van der Waals surface area contributed by atoms with E-state index in [0.717, 1.165) is 11.5 Å². The van der Waals surface area contributed by atoms with E-state index in [2.05, 4.69) is 28.0 Å². The van der Waals surface area contributed by atoms with Crippen LogP contribution in [-0.2, 0) is 0 Å². The summed E-state index contributed by atoms with van der Waals surface area (Å²) in [6.45, 7) is 10.1. The highest BCUT2D eigenvalue weighted by Gasteiger charge is 2.26. The van der Waals surface area contributed by atoms with Gasteiger partial charge >= 0.3 is 0 Å². The molecule has 0 amide bonds. The molecule has 3 aliphatic rings. The number of hydrogen-bond donors (Lipinski definition) is 0. The molecule has 0 aromatic rings. The van der Waals surface area contributed by atoms with Crippen LogP contribution in [0.5, 0.6) is 0 Å². The number of aliphatic imine (C=N–C) groups is 3. The van der Waals surface area contributed by atoms with Gasteiger partial charge in [0.05, 0.1) is 5.70 Å².